The zero-order valence-corrected chi connectivity index (χ0v) is 16.9. The second kappa shape index (κ2) is 11.8. The Bertz CT molecular complexity index is 770. The summed E-state index contributed by atoms with van der Waals surface area (Å²) in [5, 5.41) is 25.0. The van der Waals surface area contributed by atoms with E-state index in [0.717, 1.165) is 0 Å². The molecule has 0 radical (unpaired) electrons. The van der Waals surface area contributed by atoms with Crippen molar-refractivity contribution in [3.8, 4) is 0 Å². The number of amides is 3. The first-order valence-electron chi connectivity index (χ1n) is 8.74. The predicted octanol–water partition coefficient (Wildman–Crippen LogP) is -2.76. The molecule has 30 heavy (non-hydrogen) atoms. The first-order chi connectivity index (χ1) is 14.0. The van der Waals surface area contributed by atoms with Gasteiger partial charge in [0.25, 0.3) is 0 Å². The van der Waals surface area contributed by atoms with Crippen LogP contribution < -0.4 is 21.7 Å². The van der Waals surface area contributed by atoms with Crippen LogP contribution in [0.25, 0.3) is 0 Å². The molecule has 4 unspecified atom stereocenters. The molecule has 0 saturated carbocycles. The van der Waals surface area contributed by atoms with E-state index >= 15 is 0 Å². The zero-order chi connectivity index (χ0) is 22.8. The average Bonchev–Trinajstić information content (AvgIpc) is 3.17. The summed E-state index contributed by atoms with van der Waals surface area (Å²) >= 11 is 3.97. The second-order valence-electron chi connectivity index (χ2n) is 6.37. The van der Waals surface area contributed by atoms with Gasteiger partial charge < -0.3 is 36.9 Å². The molecular weight excluding hydrogens is 420 g/mol. The summed E-state index contributed by atoms with van der Waals surface area (Å²) < 4.78 is 0. The van der Waals surface area contributed by atoms with Gasteiger partial charge >= 0.3 is 11.9 Å². The normalized spacial score (nSPS) is 14.6. The Morgan fingerprint density at radius 3 is 2.10 bits per heavy atom. The van der Waals surface area contributed by atoms with Crippen molar-refractivity contribution in [1.29, 1.82) is 0 Å². The van der Waals surface area contributed by atoms with E-state index in [2.05, 4.69) is 38.5 Å². The van der Waals surface area contributed by atoms with Gasteiger partial charge in [0, 0.05) is 24.1 Å². The molecule has 4 atom stereocenters. The number of carboxylic acid groups (broad SMARTS) is 2. The molecule has 1 aromatic rings. The maximum absolute atomic E-state index is 12.4. The van der Waals surface area contributed by atoms with Crippen molar-refractivity contribution < 1.29 is 34.2 Å². The quantitative estimate of drug-likeness (QED) is 0.156. The minimum absolute atomic E-state index is 0.0829. The van der Waals surface area contributed by atoms with Crippen molar-refractivity contribution in [1.82, 2.24) is 25.9 Å². The van der Waals surface area contributed by atoms with Crippen LogP contribution in [-0.4, -0.2) is 79.8 Å². The number of carboxylic acids is 2. The molecule has 166 valence electrons. The van der Waals surface area contributed by atoms with Gasteiger partial charge in [-0.3, -0.25) is 19.2 Å². The molecule has 0 aliphatic carbocycles. The van der Waals surface area contributed by atoms with Gasteiger partial charge in [0.05, 0.1) is 18.8 Å². The molecule has 3 amide bonds. The lowest BCUT2D eigenvalue weighted by Crippen LogP contribution is -2.58. The summed E-state index contributed by atoms with van der Waals surface area (Å²) in [7, 11) is 0. The number of nitrogens with one attached hydrogen (secondary N) is 4. The minimum Gasteiger partial charge on any atom is -0.481 e. The van der Waals surface area contributed by atoms with Crippen molar-refractivity contribution in [3.05, 3.63) is 18.2 Å². The maximum Gasteiger partial charge on any atom is 0.326 e. The first-order valence-corrected chi connectivity index (χ1v) is 9.37. The number of aliphatic carboxylic acids is 2. The Morgan fingerprint density at radius 1 is 1.07 bits per heavy atom. The van der Waals surface area contributed by atoms with Crippen LogP contribution in [0.3, 0.4) is 0 Å². The molecule has 0 spiro atoms. The molecule has 0 aromatic carbocycles. The molecule has 0 saturated heterocycles. The molecule has 1 rings (SSSR count). The zero-order valence-electron chi connectivity index (χ0n) is 16.0. The number of carbonyl (C=O) groups is 5. The largest absolute Gasteiger partial charge is 0.481 e. The van der Waals surface area contributed by atoms with Crippen LogP contribution >= 0.6 is 12.6 Å². The smallest absolute Gasteiger partial charge is 0.326 e. The number of imidazole rings is 1. The van der Waals surface area contributed by atoms with Crippen LogP contribution in [0.15, 0.2) is 12.5 Å². The van der Waals surface area contributed by atoms with Crippen LogP contribution in [0.1, 0.15) is 19.0 Å². The molecule has 0 aliphatic heterocycles. The van der Waals surface area contributed by atoms with Gasteiger partial charge in [-0.2, -0.15) is 12.6 Å². The summed E-state index contributed by atoms with van der Waals surface area (Å²) in [5.74, 6) is -5.45. The number of thiol groups is 1. The van der Waals surface area contributed by atoms with Crippen molar-refractivity contribution in [2.45, 2.75) is 43.9 Å². The number of H-pyrrole nitrogens is 1. The van der Waals surface area contributed by atoms with Crippen molar-refractivity contribution >= 4 is 42.3 Å². The predicted molar refractivity (Wildman–Crippen MR) is 105 cm³/mol. The molecule has 1 heterocycles. The number of hydrogen-bond donors (Lipinski definition) is 8. The molecule has 14 heteroatoms. The third kappa shape index (κ3) is 8.08. The molecular formula is C16H24N6O7S. The maximum atomic E-state index is 12.4. The third-order valence-corrected chi connectivity index (χ3v) is 4.20. The Kier molecular flexibility index (Phi) is 9.77. The van der Waals surface area contributed by atoms with E-state index in [0.29, 0.717) is 5.69 Å². The molecule has 13 nitrogen and oxygen atoms in total. The standard InChI is InChI=1S/C16H24N6O7S/c1-7(17)13(25)20-9(3-12(23)24)14(26)22-11(5-30)15(27)21-10(16(28)29)2-8-4-18-6-19-8/h4,6-7,9-11,30H,2-3,5,17H2,1H3,(H,18,19)(H,20,25)(H,21,27)(H,22,26)(H,23,24)(H,28,29). The minimum atomic E-state index is -1.49. The van der Waals surface area contributed by atoms with E-state index in [4.69, 9.17) is 10.8 Å². The molecule has 0 fully saturated rings. The monoisotopic (exact) mass is 444 g/mol. The highest BCUT2D eigenvalue weighted by molar-refractivity contribution is 7.80. The van der Waals surface area contributed by atoms with E-state index in [1.165, 1.54) is 19.4 Å². The van der Waals surface area contributed by atoms with E-state index in [1.54, 1.807) is 0 Å². The Labute approximate surface area is 176 Å². The summed E-state index contributed by atoms with van der Waals surface area (Å²) in [5.41, 5.74) is 5.87. The van der Waals surface area contributed by atoms with Crippen LogP contribution in [0.5, 0.6) is 0 Å². The van der Waals surface area contributed by atoms with E-state index in [9.17, 15) is 29.1 Å². The van der Waals surface area contributed by atoms with Gasteiger partial charge in [0.2, 0.25) is 17.7 Å². The highest BCUT2D eigenvalue weighted by atomic mass is 32.1. The number of aromatic nitrogens is 2. The number of nitrogens with two attached hydrogens (primary N) is 1. The lowest BCUT2D eigenvalue weighted by atomic mass is 10.1. The van der Waals surface area contributed by atoms with Gasteiger partial charge in [-0.1, -0.05) is 0 Å². The molecule has 0 bridgehead atoms. The van der Waals surface area contributed by atoms with Crippen molar-refractivity contribution in [3.63, 3.8) is 0 Å². The van der Waals surface area contributed by atoms with Crippen molar-refractivity contribution in [2.75, 3.05) is 5.75 Å². The van der Waals surface area contributed by atoms with Crippen LogP contribution in [0.4, 0.5) is 0 Å². The Hall–Kier alpha value is -3.13. The van der Waals surface area contributed by atoms with E-state index < -0.39 is 60.2 Å². The number of hydrogen-bond acceptors (Lipinski definition) is 8. The summed E-state index contributed by atoms with van der Waals surface area (Å²) in [6, 6.07) is -5.08. The van der Waals surface area contributed by atoms with Crippen molar-refractivity contribution in [2.24, 2.45) is 5.73 Å². The fourth-order valence-corrected chi connectivity index (χ4v) is 2.50. The van der Waals surface area contributed by atoms with Gasteiger partial charge in [0.1, 0.15) is 18.1 Å². The highest BCUT2D eigenvalue weighted by Gasteiger charge is 2.30. The first kappa shape index (κ1) is 24.9. The highest BCUT2D eigenvalue weighted by Crippen LogP contribution is 2.02. The van der Waals surface area contributed by atoms with Gasteiger partial charge in [-0.15, -0.1) is 0 Å². The number of rotatable bonds is 12. The number of carbonyl (C=O) groups excluding carboxylic acids is 3. The van der Waals surface area contributed by atoms with Crippen LogP contribution in [-0.2, 0) is 30.4 Å². The van der Waals surface area contributed by atoms with Gasteiger partial charge in [0.15, 0.2) is 0 Å². The summed E-state index contributed by atoms with van der Waals surface area (Å²) in [6.07, 6.45) is 1.92. The fraction of sp³-hybridized carbons (Fsp3) is 0.500. The fourth-order valence-electron chi connectivity index (χ4n) is 2.24. The van der Waals surface area contributed by atoms with Crippen LogP contribution in [0.2, 0.25) is 0 Å². The Morgan fingerprint density at radius 2 is 1.63 bits per heavy atom. The topological polar surface area (TPSA) is 217 Å². The van der Waals surface area contributed by atoms with E-state index in [1.807, 2.05) is 0 Å². The molecule has 0 aliphatic rings. The lowest BCUT2D eigenvalue weighted by molar-refractivity contribution is -0.143. The van der Waals surface area contributed by atoms with Gasteiger partial charge in [-0.25, -0.2) is 9.78 Å². The number of aromatic amines is 1. The molecule has 1 aromatic heterocycles. The summed E-state index contributed by atoms with van der Waals surface area (Å²) in [4.78, 5) is 65.5. The molecule has 8 N–H and O–H groups in total. The summed E-state index contributed by atoms with van der Waals surface area (Å²) in [6.45, 7) is 1.35. The lowest BCUT2D eigenvalue weighted by Gasteiger charge is -2.23. The van der Waals surface area contributed by atoms with Gasteiger partial charge in [-0.05, 0) is 6.92 Å². The average molecular weight is 444 g/mol. The van der Waals surface area contributed by atoms with E-state index in [-0.39, 0.29) is 12.2 Å². The van der Waals surface area contributed by atoms with Crippen LogP contribution in [0, 0.1) is 0 Å². The SMILES string of the molecule is CC(N)C(=O)NC(CC(=O)O)C(=O)NC(CS)C(=O)NC(Cc1cnc[nH]1)C(=O)O. The number of nitrogens with zero attached hydrogens (tertiary/aromatic N) is 1. The second-order valence-corrected chi connectivity index (χ2v) is 6.74. The Balaban J connectivity index is 2.83. The third-order valence-electron chi connectivity index (χ3n) is 3.83.